The third-order valence-electron chi connectivity index (χ3n) is 3.63. The van der Waals surface area contributed by atoms with Crippen molar-refractivity contribution in [2.45, 2.75) is 26.2 Å². The zero-order valence-corrected chi connectivity index (χ0v) is 12.2. The van der Waals surface area contributed by atoms with Gasteiger partial charge in [0.05, 0.1) is 12.5 Å². The molecule has 0 aliphatic carbocycles. The first kappa shape index (κ1) is 15.4. The Kier molecular flexibility index (Phi) is 5.20. The summed E-state index contributed by atoms with van der Waals surface area (Å²) in [5.41, 5.74) is 1.12. The van der Waals surface area contributed by atoms with Gasteiger partial charge in [0.1, 0.15) is 5.75 Å². The molecule has 1 aromatic rings. The lowest BCUT2D eigenvalue weighted by Gasteiger charge is -2.16. The number of likely N-dealkylation sites (tertiary alicyclic amines) is 1. The molecular formula is C16H21NO4. The normalized spacial score (nSPS) is 18.0. The molecule has 114 valence electrons. The van der Waals surface area contributed by atoms with E-state index in [4.69, 9.17) is 9.84 Å². The minimum Gasteiger partial charge on any atom is -0.494 e. The minimum atomic E-state index is -0.886. The van der Waals surface area contributed by atoms with Crippen LogP contribution in [0, 0.1) is 5.92 Å². The Labute approximate surface area is 124 Å². The number of ether oxygens (including phenoxy) is 1. The average Bonchev–Trinajstić information content (AvgIpc) is 2.85. The Morgan fingerprint density at radius 2 is 2.10 bits per heavy atom. The van der Waals surface area contributed by atoms with Crippen LogP contribution in [0.1, 0.15) is 25.3 Å². The summed E-state index contributed by atoms with van der Waals surface area (Å²) in [6, 6.07) is 7.83. The largest absolute Gasteiger partial charge is 0.494 e. The van der Waals surface area contributed by atoms with E-state index in [1.165, 1.54) is 0 Å². The molecule has 0 spiro atoms. The highest BCUT2D eigenvalue weighted by Gasteiger charge is 2.33. The fourth-order valence-electron chi connectivity index (χ4n) is 2.39. The number of benzene rings is 1. The van der Waals surface area contributed by atoms with Gasteiger partial charge in [0.25, 0.3) is 0 Å². The smallest absolute Gasteiger partial charge is 0.308 e. The van der Waals surface area contributed by atoms with Crippen LogP contribution in [0.5, 0.6) is 5.75 Å². The first-order chi connectivity index (χ1) is 10.1. The van der Waals surface area contributed by atoms with Crippen LogP contribution in [0.25, 0.3) is 0 Å². The Balaban J connectivity index is 1.83. The lowest BCUT2D eigenvalue weighted by Crippen LogP contribution is -2.28. The summed E-state index contributed by atoms with van der Waals surface area (Å²) < 4.78 is 5.52. The van der Waals surface area contributed by atoms with Gasteiger partial charge in [0.15, 0.2) is 0 Å². The third kappa shape index (κ3) is 4.21. The monoisotopic (exact) mass is 291 g/mol. The van der Waals surface area contributed by atoms with E-state index in [1.54, 1.807) is 4.90 Å². The highest BCUT2D eigenvalue weighted by molar-refractivity contribution is 5.86. The zero-order chi connectivity index (χ0) is 15.2. The molecule has 1 aromatic carbocycles. The van der Waals surface area contributed by atoms with E-state index in [9.17, 15) is 9.59 Å². The van der Waals surface area contributed by atoms with Crippen LogP contribution in [0.2, 0.25) is 0 Å². The summed E-state index contributed by atoms with van der Waals surface area (Å²) in [5.74, 6) is -0.653. The van der Waals surface area contributed by atoms with Crippen molar-refractivity contribution in [2.24, 2.45) is 5.92 Å². The number of carbonyl (C=O) groups excluding carboxylic acids is 1. The quantitative estimate of drug-likeness (QED) is 0.834. The van der Waals surface area contributed by atoms with E-state index in [0.29, 0.717) is 19.7 Å². The van der Waals surface area contributed by atoms with E-state index in [1.807, 2.05) is 24.3 Å². The topological polar surface area (TPSA) is 66.8 Å². The van der Waals surface area contributed by atoms with E-state index < -0.39 is 11.9 Å². The summed E-state index contributed by atoms with van der Waals surface area (Å²) in [7, 11) is 0. The predicted octanol–water partition coefficient (Wildman–Crippen LogP) is 1.95. The highest BCUT2D eigenvalue weighted by atomic mass is 16.5. The molecule has 1 unspecified atom stereocenters. The van der Waals surface area contributed by atoms with Crippen molar-refractivity contribution in [3.63, 3.8) is 0 Å². The molecule has 0 aromatic heterocycles. The first-order valence-corrected chi connectivity index (χ1v) is 7.32. The molecule has 1 aliphatic rings. The fourth-order valence-corrected chi connectivity index (χ4v) is 2.39. The molecule has 1 atom stereocenters. The van der Waals surface area contributed by atoms with Gasteiger partial charge in [-0.25, -0.2) is 0 Å². The number of aliphatic carboxylic acids is 1. The van der Waals surface area contributed by atoms with Gasteiger partial charge in [0.2, 0.25) is 5.91 Å². The summed E-state index contributed by atoms with van der Waals surface area (Å²) in [4.78, 5) is 24.3. The molecule has 1 aliphatic heterocycles. The minimum absolute atomic E-state index is 0.0645. The average molecular weight is 291 g/mol. The second-order valence-corrected chi connectivity index (χ2v) is 5.32. The molecule has 1 fully saturated rings. The van der Waals surface area contributed by atoms with Gasteiger partial charge in [-0.1, -0.05) is 19.1 Å². The second kappa shape index (κ2) is 7.11. The van der Waals surface area contributed by atoms with Gasteiger partial charge >= 0.3 is 5.97 Å². The maximum absolute atomic E-state index is 11.7. The highest BCUT2D eigenvalue weighted by Crippen LogP contribution is 2.19. The van der Waals surface area contributed by atoms with Gasteiger partial charge in [-0.15, -0.1) is 0 Å². The van der Waals surface area contributed by atoms with Gasteiger partial charge in [-0.05, 0) is 30.5 Å². The summed E-state index contributed by atoms with van der Waals surface area (Å²) >= 11 is 0. The van der Waals surface area contributed by atoms with Crippen LogP contribution in [0.4, 0.5) is 0 Å². The van der Waals surface area contributed by atoms with Crippen molar-refractivity contribution >= 4 is 11.9 Å². The molecule has 0 radical (unpaired) electrons. The summed E-state index contributed by atoms with van der Waals surface area (Å²) in [5, 5.41) is 8.94. The van der Waals surface area contributed by atoms with Crippen molar-refractivity contribution in [2.75, 3.05) is 19.7 Å². The van der Waals surface area contributed by atoms with Crippen LogP contribution in [0.3, 0.4) is 0 Å². The molecule has 1 saturated heterocycles. The molecule has 0 bridgehead atoms. The third-order valence-corrected chi connectivity index (χ3v) is 3.63. The van der Waals surface area contributed by atoms with Crippen LogP contribution < -0.4 is 4.74 Å². The number of hydrogen-bond acceptors (Lipinski definition) is 3. The molecular weight excluding hydrogens is 270 g/mol. The maximum Gasteiger partial charge on any atom is 0.308 e. The number of carbonyl (C=O) groups is 2. The van der Waals surface area contributed by atoms with Gasteiger partial charge in [-0.3, -0.25) is 9.59 Å². The number of nitrogens with zero attached hydrogens (tertiary/aromatic N) is 1. The SMILES string of the molecule is CCCOc1ccc(CCN2CC(C(=O)O)CC2=O)cc1. The number of hydrogen-bond donors (Lipinski definition) is 1. The number of carboxylic acids is 1. The molecule has 0 saturated carbocycles. The van der Waals surface area contributed by atoms with Crippen molar-refractivity contribution < 1.29 is 19.4 Å². The predicted molar refractivity (Wildman–Crippen MR) is 78.3 cm³/mol. The lowest BCUT2D eigenvalue weighted by molar-refractivity contribution is -0.141. The Bertz CT molecular complexity index is 498. The van der Waals surface area contributed by atoms with Crippen LogP contribution in [-0.4, -0.2) is 41.6 Å². The van der Waals surface area contributed by atoms with E-state index in [2.05, 4.69) is 6.92 Å². The van der Waals surface area contributed by atoms with Gasteiger partial charge in [0, 0.05) is 19.5 Å². The Hall–Kier alpha value is -2.04. The number of rotatable bonds is 7. The summed E-state index contributed by atoms with van der Waals surface area (Å²) in [6.45, 7) is 3.66. The Morgan fingerprint density at radius 1 is 1.38 bits per heavy atom. The molecule has 1 heterocycles. The van der Waals surface area contributed by atoms with Crippen molar-refractivity contribution in [3.8, 4) is 5.75 Å². The van der Waals surface area contributed by atoms with Crippen LogP contribution in [0.15, 0.2) is 24.3 Å². The van der Waals surface area contributed by atoms with Crippen molar-refractivity contribution in [3.05, 3.63) is 29.8 Å². The standard InChI is InChI=1S/C16H21NO4/c1-2-9-21-14-5-3-12(4-6-14)7-8-17-11-13(16(19)20)10-15(17)18/h3-6,13H,2,7-11H2,1H3,(H,19,20). The first-order valence-electron chi connectivity index (χ1n) is 7.32. The molecule has 2 rings (SSSR count). The molecule has 5 heteroatoms. The molecule has 1 N–H and O–H groups in total. The maximum atomic E-state index is 11.7. The van der Waals surface area contributed by atoms with Crippen LogP contribution in [-0.2, 0) is 16.0 Å². The van der Waals surface area contributed by atoms with Gasteiger partial charge in [-0.2, -0.15) is 0 Å². The molecule has 21 heavy (non-hydrogen) atoms. The summed E-state index contributed by atoms with van der Waals surface area (Å²) in [6.07, 6.45) is 1.83. The number of carboxylic acid groups (broad SMARTS) is 1. The van der Waals surface area contributed by atoms with Gasteiger partial charge < -0.3 is 14.7 Å². The number of amides is 1. The lowest BCUT2D eigenvalue weighted by atomic mass is 10.1. The Morgan fingerprint density at radius 3 is 2.67 bits per heavy atom. The molecule has 5 nitrogen and oxygen atoms in total. The van der Waals surface area contributed by atoms with E-state index >= 15 is 0 Å². The van der Waals surface area contributed by atoms with E-state index in [0.717, 1.165) is 24.2 Å². The van der Waals surface area contributed by atoms with Crippen molar-refractivity contribution in [1.82, 2.24) is 4.90 Å². The zero-order valence-electron chi connectivity index (χ0n) is 12.2. The van der Waals surface area contributed by atoms with E-state index in [-0.39, 0.29) is 12.3 Å². The van der Waals surface area contributed by atoms with Crippen molar-refractivity contribution in [1.29, 1.82) is 0 Å². The van der Waals surface area contributed by atoms with Crippen LogP contribution >= 0.6 is 0 Å². The molecule has 1 amide bonds. The fraction of sp³-hybridized carbons (Fsp3) is 0.500. The second-order valence-electron chi connectivity index (χ2n) is 5.32.